The first-order chi connectivity index (χ1) is 9.31. The average Bonchev–Trinajstić information content (AvgIpc) is 2.35. The standard InChI is InChI=1S/C14H19F3N2O/c1-8(4-3-5-9(2)18)14(20)19-13-7-11(16)10(15)6-12(13)17/h6-9H,3-5,18H2,1-2H3,(H,19,20). The van der Waals surface area contributed by atoms with Crippen molar-refractivity contribution >= 4 is 11.6 Å². The van der Waals surface area contributed by atoms with E-state index in [-0.39, 0.29) is 17.6 Å². The number of benzene rings is 1. The van der Waals surface area contributed by atoms with Crippen LogP contribution < -0.4 is 11.1 Å². The van der Waals surface area contributed by atoms with Crippen LogP contribution in [0.2, 0.25) is 0 Å². The second-order valence-corrected chi connectivity index (χ2v) is 5.04. The molecule has 0 aliphatic carbocycles. The first-order valence-electron chi connectivity index (χ1n) is 6.52. The molecule has 0 fully saturated rings. The largest absolute Gasteiger partial charge is 0.328 e. The lowest BCUT2D eigenvalue weighted by atomic mass is 10.0. The third-order valence-corrected chi connectivity index (χ3v) is 3.01. The highest BCUT2D eigenvalue weighted by molar-refractivity contribution is 5.92. The van der Waals surface area contributed by atoms with Crippen LogP contribution in [0.1, 0.15) is 33.1 Å². The topological polar surface area (TPSA) is 55.1 Å². The molecule has 0 aromatic heterocycles. The van der Waals surface area contributed by atoms with Crippen molar-refractivity contribution in [1.82, 2.24) is 0 Å². The fourth-order valence-electron chi connectivity index (χ4n) is 1.75. The van der Waals surface area contributed by atoms with Crippen LogP contribution in [0.4, 0.5) is 18.9 Å². The van der Waals surface area contributed by atoms with E-state index in [0.29, 0.717) is 18.6 Å². The minimum Gasteiger partial charge on any atom is -0.328 e. The van der Waals surface area contributed by atoms with Crippen LogP contribution in [-0.4, -0.2) is 11.9 Å². The SMILES string of the molecule is CC(N)CCCC(C)C(=O)Nc1cc(F)c(F)cc1F. The molecule has 3 N–H and O–H groups in total. The summed E-state index contributed by atoms with van der Waals surface area (Å²) in [7, 11) is 0. The highest BCUT2D eigenvalue weighted by Crippen LogP contribution is 2.20. The molecule has 3 nitrogen and oxygen atoms in total. The van der Waals surface area contributed by atoms with Crippen molar-refractivity contribution in [2.45, 2.75) is 39.2 Å². The van der Waals surface area contributed by atoms with E-state index in [4.69, 9.17) is 5.73 Å². The van der Waals surface area contributed by atoms with E-state index in [1.165, 1.54) is 0 Å². The van der Waals surface area contributed by atoms with Gasteiger partial charge in [0.1, 0.15) is 5.82 Å². The summed E-state index contributed by atoms with van der Waals surface area (Å²) in [5.74, 6) is -4.28. The van der Waals surface area contributed by atoms with Gasteiger partial charge >= 0.3 is 0 Å². The molecule has 2 unspecified atom stereocenters. The Hall–Kier alpha value is -1.56. The Morgan fingerprint density at radius 2 is 1.75 bits per heavy atom. The molecule has 1 aromatic carbocycles. The number of carbonyl (C=O) groups excluding carboxylic acids is 1. The molecule has 20 heavy (non-hydrogen) atoms. The van der Waals surface area contributed by atoms with Crippen molar-refractivity contribution in [3.63, 3.8) is 0 Å². The van der Waals surface area contributed by atoms with Crippen LogP contribution in [0, 0.1) is 23.4 Å². The number of rotatable bonds is 6. The van der Waals surface area contributed by atoms with E-state index < -0.39 is 23.4 Å². The van der Waals surface area contributed by atoms with Crippen molar-refractivity contribution in [2.75, 3.05) is 5.32 Å². The summed E-state index contributed by atoms with van der Waals surface area (Å²) < 4.78 is 39.1. The van der Waals surface area contributed by atoms with Gasteiger partial charge in [0.25, 0.3) is 0 Å². The number of amides is 1. The fourth-order valence-corrected chi connectivity index (χ4v) is 1.75. The molecule has 1 amide bonds. The third kappa shape index (κ3) is 4.85. The van der Waals surface area contributed by atoms with Crippen LogP contribution in [0.15, 0.2) is 12.1 Å². The molecule has 0 aliphatic rings. The van der Waals surface area contributed by atoms with Crippen LogP contribution in [-0.2, 0) is 4.79 Å². The number of halogens is 3. The predicted octanol–water partition coefficient (Wildman–Crippen LogP) is 3.20. The molecule has 1 rings (SSSR count). The Balaban J connectivity index is 2.59. The van der Waals surface area contributed by atoms with Gasteiger partial charge in [-0.25, -0.2) is 13.2 Å². The molecule has 2 atom stereocenters. The van der Waals surface area contributed by atoms with Gasteiger partial charge in [0, 0.05) is 24.1 Å². The monoisotopic (exact) mass is 288 g/mol. The van der Waals surface area contributed by atoms with Crippen molar-refractivity contribution in [1.29, 1.82) is 0 Å². The van der Waals surface area contributed by atoms with Gasteiger partial charge in [0.2, 0.25) is 5.91 Å². The van der Waals surface area contributed by atoms with Gasteiger partial charge in [0.05, 0.1) is 5.69 Å². The van der Waals surface area contributed by atoms with Crippen molar-refractivity contribution in [3.8, 4) is 0 Å². The van der Waals surface area contributed by atoms with Crippen molar-refractivity contribution in [2.24, 2.45) is 11.7 Å². The Kier molecular flexibility index (Phi) is 6.01. The van der Waals surface area contributed by atoms with E-state index in [1.807, 2.05) is 6.92 Å². The van der Waals surface area contributed by atoms with Crippen LogP contribution >= 0.6 is 0 Å². The second-order valence-electron chi connectivity index (χ2n) is 5.04. The normalized spacial score (nSPS) is 13.9. The van der Waals surface area contributed by atoms with Gasteiger partial charge in [-0.2, -0.15) is 0 Å². The second kappa shape index (κ2) is 7.28. The first-order valence-corrected chi connectivity index (χ1v) is 6.52. The summed E-state index contributed by atoms with van der Waals surface area (Å²) in [6.07, 6.45) is 2.16. The summed E-state index contributed by atoms with van der Waals surface area (Å²) in [5, 5.41) is 2.26. The maximum absolute atomic E-state index is 13.4. The number of anilines is 1. The summed E-state index contributed by atoms with van der Waals surface area (Å²) in [6, 6.07) is 1.11. The average molecular weight is 288 g/mol. The molecule has 0 heterocycles. The zero-order chi connectivity index (χ0) is 15.3. The zero-order valence-electron chi connectivity index (χ0n) is 11.6. The van der Waals surface area contributed by atoms with E-state index in [2.05, 4.69) is 5.32 Å². The van der Waals surface area contributed by atoms with Crippen LogP contribution in [0.5, 0.6) is 0 Å². The maximum Gasteiger partial charge on any atom is 0.227 e. The molecule has 0 saturated carbocycles. The van der Waals surface area contributed by atoms with Gasteiger partial charge in [-0.15, -0.1) is 0 Å². The van der Waals surface area contributed by atoms with Crippen LogP contribution in [0.3, 0.4) is 0 Å². The van der Waals surface area contributed by atoms with E-state index >= 15 is 0 Å². The molecule has 0 radical (unpaired) electrons. The molecule has 0 saturated heterocycles. The number of hydrogen-bond acceptors (Lipinski definition) is 2. The molecular formula is C14H19F3N2O. The highest BCUT2D eigenvalue weighted by Gasteiger charge is 2.16. The molecular weight excluding hydrogens is 269 g/mol. The maximum atomic E-state index is 13.4. The molecule has 6 heteroatoms. The number of nitrogens with two attached hydrogens (primary N) is 1. The minimum absolute atomic E-state index is 0.0638. The lowest BCUT2D eigenvalue weighted by Gasteiger charge is -2.13. The van der Waals surface area contributed by atoms with Gasteiger partial charge in [-0.1, -0.05) is 13.3 Å². The molecule has 0 bridgehead atoms. The lowest BCUT2D eigenvalue weighted by Crippen LogP contribution is -2.22. The fraction of sp³-hybridized carbons (Fsp3) is 0.500. The first kappa shape index (κ1) is 16.5. The quantitative estimate of drug-likeness (QED) is 0.790. The Morgan fingerprint density at radius 1 is 1.15 bits per heavy atom. The lowest BCUT2D eigenvalue weighted by molar-refractivity contribution is -0.119. The summed E-state index contributed by atoms with van der Waals surface area (Å²) in [6.45, 7) is 3.57. The Morgan fingerprint density at radius 3 is 2.35 bits per heavy atom. The minimum atomic E-state index is -1.29. The Bertz CT molecular complexity index is 478. The summed E-state index contributed by atoms with van der Waals surface area (Å²) in [4.78, 5) is 11.8. The number of carbonyl (C=O) groups is 1. The van der Waals surface area contributed by atoms with Gasteiger partial charge in [-0.05, 0) is 19.8 Å². The Labute approximate surface area is 116 Å². The zero-order valence-corrected chi connectivity index (χ0v) is 11.6. The molecule has 0 aliphatic heterocycles. The molecule has 1 aromatic rings. The summed E-state index contributed by atoms with van der Waals surface area (Å²) in [5.41, 5.74) is 5.25. The predicted molar refractivity (Wildman–Crippen MR) is 71.6 cm³/mol. The van der Waals surface area contributed by atoms with Gasteiger partial charge in [0.15, 0.2) is 11.6 Å². The van der Waals surface area contributed by atoms with Gasteiger partial charge < -0.3 is 11.1 Å². The van der Waals surface area contributed by atoms with Crippen molar-refractivity contribution in [3.05, 3.63) is 29.6 Å². The van der Waals surface area contributed by atoms with E-state index in [9.17, 15) is 18.0 Å². The smallest absolute Gasteiger partial charge is 0.227 e. The molecule has 112 valence electrons. The third-order valence-electron chi connectivity index (χ3n) is 3.01. The highest BCUT2D eigenvalue weighted by atomic mass is 19.2. The van der Waals surface area contributed by atoms with Crippen molar-refractivity contribution < 1.29 is 18.0 Å². The number of nitrogens with one attached hydrogen (secondary N) is 1. The van der Waals surface area contributed by atoms with E-state index in [1.54, 1.807) is 6.92 Å². The number of hydrogen-bond donors (Lipinski definition) is 2. The summed E-state index contributed by atoms with van der Waals surface area (Å²) >= 11 is 0. The van der Waals surface area contributed by atoms with E-state index in [0.717, 1.165) is 12.8 Å². The van der Waals surface area contributed by atoms with Gasteiger partial charge in [-0.3, -0.25) is 4.79 Å². The van der Waals surface area contributed by atoms with Crippen LogP contribution in [0.25, 0.3) is 0 Å². The molecule has 0 spiro atoms.